The first-order valence-corrected chi connectivity index (χ1v) is 5.95. The van der Waals surface area contributed by atoms with Crippen molar-refractivity contribution in [2.45, 2.75) is 6.54 Å². The van der Waals surface area contributed by atoms with Crippen LogP contribution in [0.5, 0.6) is 0 Å². The lowest BCUT2D eigenvalue weighted by Gasteiger charge is -2.08. The SMILES string of the molecule is NCc1ccc2c(ccn2-c2c(F)cccc2F)c1. The number of rotatable bonds is 2. The Morgan fingerprint density at radius 2 is 1.74 bits per heavy atom. The lowest BCUT2D eigenvalue weighted by molar-refractivity contribution is 0.571. The molecule has 0 aliphatic rings. The molecule has 4 heteroatoms. The van der Waals surface area contributed by atoms with Crippen molar-refractivity contribution in [3.05, 3.63) is 65.9 Å². The molecule has 96 valence electrons. The van der Waals surface area contributed by atoms with Gasteiger partial charge in [-0.15, -0.1) is 0 Å². The zero-order valence-electron chi connectivity index (χ0n) is 10.1. The molecule has 3 aromatic rings. The number of fused-ring (bicyclic) bond motifs is 1. The summed E-state index contributed by atoms with van der Waals surface area (Å²) in [6.45, 7) is 0.440. The highest BCUT2D eigenvalue weighted by atomic mass is 19.1. The summed E-state index contributed by atoms with van der Waals surface area (Å²) in [5.74, 6) is -1.17. The van der Waals surface area contributed by atoms with Crippen LogP contribution in [-0.4, -0.2) is 4.57 Å². The Bertz CT molecular complexity index is 727. The van der Waals surface area contributed by atoms with Crippen LogP contribution in [-0.2, 0) is 6.54 Å². The molecule has 0 saturated carbocycles. The van der Waals surface area contributed by atoms with E-state index in [0.29, 0.717) is 6.54 Å². The number of hydrogen-bond donors (Lipinski definition) is 1. The van der Waals surface area contributed by atoms with Gasteiger partial charge >= 0.3 is 0 Å². The van der Waals surface area contributed by atoms with Crippen molar-refractivity contribution in [2.75, 3.05) is 0 Å². The molecule has 0 unspecified atom stereocenters. The average molecular weight is 258 g/mol. The molecule has 19 heavy (non-hydrogen) atoms. The fraction of sp³-hybridized carbons (Fsp3) is 0.0667. The molecule has 0 fully saturated rings. The third-order valence-electron chi connectivity index (χ3n) is 3.17. The molecule has 2 N–H and O–H groups in total. The van der Waals surface area contributed by atoms with Crippen LogP contribution in [0.2, 0.25) is 0 Å². The van der Waals surface area contributed by atoms with E-state index in [9.17, 15) is 8.78 Å². The van der Waals surface area contributed by atoms with E-state index in [2.05, 4.69) is 0 Å². The van der Waals surface area contributed by atoms with Crippen LogP contribution in [0.1, 0.15) is 5.56 Å². The predicted molar refractivity (Wildman–Crippen MR) is 71.1 cm³/mol. The smallest absolute Gasteiger partial charge is 0.150 e. The number of nitrogens with two attached hydrogens (primary N) is 1. The van der Waals surface area contributed by atoms with Crippen LogP contribution >= 0.6 is 0 Å². The van der Waals surface area contributed by atoms with Gasteiger partial charge in [-0.1, -0.05) is 12.1 Å². The third kappa shape index (κ3) is 1.90. The minimum absolute atomic E-state index is 0.0574. The van der Waals surface area contributed by atoms with Gasteiger partial charge in [0.1, 0.15) is 17.3 Å². The van der Waals surface area contributed by atoms with E-state index in [1.54, 1.807) is 6.20 Å². The van der Waals surface area contributed by atoms with Crippen LogP contribution in [0.25, 0.3) is 16.6 Å². The number of nitrogens with zero attached hydrogens (tertiary/aromatic N) is 1. The maximum absolute atomic E-state index is 13.8. The van der Waals surface area contributed by atoms with E-state index in [-0.39, 0.29) is 5.69 Å². The van der Waals surface area contributed by atoms with E-state index < -0.39 is 11.6 Å². The van der Waals surface area contributed by atoms with Gasteiger partial charge in [0.15, 0.2) is 0 Å². The minimum Gasteiger partial charge on any atom is -0.326 e. The fourth-order valence-corrected chi connectivity index (χ4v) is 2.23. The first-order chi connectivity index (χ1) is 9.20. The largest absolute Gasteiger partial charge is 0.326 e. The summed E-state index contributed by atoms with van der Waals surface area (Å²) in [5.41, 5.74) is 7.26. The number of aromatic nitrogens is 1. The van der Waals surface area contributed by atoms with Crippen LogP contribution < -0.4 is 5.73 Å². The second kappa shape index (κ2) is 4.48. The van der Waals surface area contributed by atoms with Gasteiger partial charge in [-0.25, -0.2) is 8.78 Å². The standard InChI is InChI=1S/C15H12F2N2/c16-12-2-1-3-13(17)15(12)19-7-6-11-8-10(9-18)4-5-14(11)19/h1-8H,9,18H2. The first-order valence-electron chi connectivity index (χ1n) is 5.95. The van der Waals surface area contributed by atoms with E-state index in [4.69, 9.17) is 5.73 Å². The van der Waals surface area contributed by atoms with Gasteiger partial charge < -0.3 is 10.3 Å². The summed E-state index contributed by atoms with van der Waals surface area (Å²) in [4.78, 5) is 0. The molecular weight excluding hydrogens is 246 g/mol. The molecule has 0 saturated heterocycles. The highest BCUT2D eigenvalue weighted by molar-refractivity contribution is 5.82. The summed E-state index contributed by atoms with van der Waals surface area (Å²) in [5, 5.41) is 0.908. The average Bonchev–Trinajstić information content (AvgIpc) is 2.81. The normalized spacial score (nSPS) is 11.1. The first kappa shape index (κ1) is 11.9. The summed E-state index contributed by atoms with van der Waals surface area (Å²) in [7, 11) is 0. The van der Waals surface area contributed by atoms with Crippen molar-refractivity contribution in [1.29, 1.82) is 0 Å². The molecule has 1 heterocycles. The van der Waals surface area contributed by atoms with Crippen LogP contribution in [0, 0.1) is 11.6 Å². The Labute approximate surface area is 109 Å². The zero-order valence-corrected chi connectivity index (χ0v) is 10.1. The van der Waals surface area contributed by atoms with Crippen LogP contribution in [0.3, 0.4) is 0 Å². The molecule has 2 nitrogen and oxygen atoms in total. The third-order valence-corrected chi connectivity index (χ3v) is 3.17. The monoisotopic (exact) mass is 258 g/mol. The summed E-state index contributed by atoms with van der Waals surface area (Å²) < 4.78 is 29.1. The number of para-hydroxylation sites is 1. The Kier molecular flexibility index (Phi) is 2.80. The van der Waals surface area contributed by atoms with E-state index in [0.717, 1.165) is 16.5 Å². The van der Waals surface area contributed by atoms with Crippen LogP contribution in [0.4, 0.5) is 8.78 Å². The maximum atomic E-state index is 13.8. The second-order valence-corrected chi connectivity index (χ2v) is 4.35. The highest BCUT2D eigenvalue weighted by Gasteiger charge is 2.12. The van der Waals surface area contributed by atoms with Gasteiger partial charge in [-0.2, -0.15) is 0 Å². The van der Waals surface area contributed by atoms with Gasteiger partial charge in [-0.05, 0) is 35.9 Å². The molecule has 2 aromatic carbocycles. The molecule has 0 radical (unpaired) electrons. The van der Waals surface area contributed by atoms with Crippen molar-refractivity contribution < 1.29 is 8.78 Å². The maximum Gasteiger partial charge on any atom is 0.150 e. The van der Waals surface area contributed by atoms with Crippen molar-refractivity contribution in [3.8, 4) is 5.69 Å². The summed E-state index contributed by atoms with van der Waals surface area (Å²) >= 11 is 0. The Morgan fingerprint density at radius 3 is 2.42 bits per heavy atom. The fourth-order valence-electron chi connectivity index (χ4n) is 2.23. The zero-order chi connectivity index (χ0) is 13.4. The van der Waals surface area contributed by atoms with E-state index in [1.165, 1.54) is 22.8 Å². The highest BCUT2D eigenvalue weighted by Crippen LogP contribution is 2.25. The van der Waals surface area contributed by atoms with Gasteiger partial charge in [0.2, 0.25) is 0 Å². The van der Waals surface area contributed by atoms with Gasteiger partial charge in [-0.3, -0.25) is 0 Å². The molecule has 0 aliphatic carbocycles. The Balaban J connectivity index is 2.26. The van der Waals surface area contributed by atoms with E-state index in [1.807, 2.05) is 24.3 Å². The van der Waals surface area contributed by atoms with Crippen molar-refractivity contribution in [2.24, 2.45) is 5.73 Å². The molecule has 0 spiro atoms. The van der Waals surface area contributed by atoms with Crippen molar-refractivity contribution in [3.63, 3.8) is 0 Å². The number of benzene rings is 2. The molecule has 0 aliphatic heterocycles. The molecule has 0 amide bonds. The molecule has 3 rings (SSSR count). The topological polar surface area (TPSA) is 30.9 Å². The summed E-state index contributed by atoms with van der Waals surface area (Å²) in [6, 6.07) is 11.3. The Morgan fingerprint density at radius 1 is 1.00 bits per heavy atom. The lowest BCUT2D eigenvalue weighted by Crippen LogP contribution is -2.00. The van der Waals surface area contributed by atoms with Gasteiger partial charge in [0.05, 0.1) is 5.52 Å². The molecule has 0 bridgehead atoms. The van der Waals surface area contributed by atoms with Gasteiger partial charge in [0.25, 0.3) is 0 Å². The molecular formula is C15H12F2N2. The molecule has 0 atom stereocenters. The predicted octanol–water partition coefficient (Wildman–Crippen LogP) is 3.37. The minimum atomic E-state index is -0.583. The van der Waals surface area contributed by atoms with Crippen molar-refractivity contribution >= 4 is 10.9 Å². The Hall–Kier alpha value is -2.20. The van der Waals surface area contributed by atoms with Gasteiger partial charge in [0, 0.05) is 18.1 Å². The summed E-state index contributed by atoms with van der Waals surface area (Å²) in [6.07, 6.45) is 1.66. The lowest BCUT2D eigenvalue weighted by atomic mass is 10.1. The quantitative estimate of drug-likeness (QED) is 0.750. The van der Waals surface area contributed by atoms with Crippen molar-refractivity contribution in [1.82, 2.24) is 4.57 Å². The van der Waals surface area contributed by atoms with E-state index >= 15 is 0 Å². The molecule has 1 aromatic heterocycles. The van der Waals surface area contributed by atoms with Crippen LogP contribution in [0.15, 0.2) is 48.7 Å². The number of halogens is 2. The second-order valence-electron chi connectivity index (χ2n) is 4.35. The number of hydrogen-bond acceptors (Lipinski definition) is 1.